The number of carbonyl (C=O) groups excluding carboxylic acids is 1. The number of halogens is 2. The molecular weight excluding hydrogens is 308 g/mol. The molecule has 0 aliphatic heterocycles. The van der Waals surface area contributed by atoms with Gasteiger partial charge in [0.25, 0.3) is 0 Å². The molecule has 1 unspecified atom stereocenters. The third-order valence-corrected chi connectivity index (χ3v) is 7.35. The predicted molar refractivity (Wildman–Crippen MR) is 60.6 cm³/mol. The fourth-order valence-corrected chi connectivity index (χ4v) is 7.31. The molecule has 0 spiro atoms. The van der Waals surface area contributed by atoms with Crippen LogP contribution in [0.5, 0.6) is 0 Å². The highest BCUT2D eigenvalue weighted by molar-refractivity contribution is 9.10. The van der Waals surface area contributed by atoms with Crippen molar-refractivity contribution in [1.82, 2.24) is 0 Å². The summed E-state index contributed by atoms with van der Waals surface area (Å²) in [7, 11) is 0. The molecule has 4 aliphatic rings. The van der Waals surface area contributed by atoms with E-state index in [1.165, 1.54) is 12.8 Å². The molecule has 0 radical (unpaired) electrons. The standard InChI is InChI=1S/C11H12Br2O/c12-6-2-4-3-1-5-7(4)11(14)10(13)9(5)8(3)6/h3-10H,1-2H2/t3-,4-,5+,6+,7-,8-,9?,10-/m1/s1. The number of ketones is 1. The number of fused-ring (bicyclic) bond motifs is 2. The average Bonchev–Trinajstić information content (AvgIpc) is 2.76. The SMILES string of the molecule is O=C1[C@@H]2[C@@H]3C[C@H](Br)[C@@H]4C([C@H]2C[C@H]34)[C@H]1Br. The third-order valence-electron chi connectivity index (χ3n) is 5.30. The molecule has 0 heterocycles. The zero-order valence-electron chi connectivity index (χ0n) is 7.70. The summed E-state index contributed by atoms with van der Waals surface area (Å²) < 4.78 is 0. The van der Waals surface area contributed by atoms with Gasteiger partial charge in [-0.3, -0.25) is 4.79 Å². The minimum atomic E-state index is 0.192. The zero-order valence-corrected chi connectivity index (χ0v) is 10.9. The van der Waals surface area contributed by atoms with Gasteiger partial charge in [0.1, 0.15) is 5.78 Å². The van der Waals surface area contributed by atoms with Gasteiger partial charge in [-0.05, 0) is 42.4 Å². The molecule has 4 rings (SSSR count). The van der Waals surface area contributed by atoms with Gasteiger partial charge in [-0.25, -0.2) is 0 Å². The van der Waals surface area contributed by atoms with E-state index < -0.39 is 0 Å². The second kappa shape index (κ2) is 2.48. The average molecular weight is 320 g/mol. The number of carbonyl (C=O) groups is 1. The Morgan fingerprint density at radius 3 is 2.57 bits per heavy atom. The van der Waals surface area contributed by atoms with Gasteiger partial charge in [0.05, 0.1) is 4.83 Å². The van der Waals surface area contributed by atoms with Gasteiger partial charge in [-0.15, -0.1) is 0 Å². The van der Waals surface area contributed by atoms with Crippen molar-refractivity contribution in [1.29, 1.82) is 0 Å². The molecular formula is C11H12Br2O. The van der Waals surface area contributed by atoms with Crippen molar-refractivity contribution in [3.63, 3.8) is 0 Å². The second-order valence-corrected chi connectivity index (χ2v) is 7.63. The molecule has 4 saturated carbocycles. The monoisotopic (exact) mass is 318 g/mol. The lowest BCUT2D eigenvalue weighted by molar-refractivity contribution is -0.121. The molecule has 8 atom stereocenters. The van der Waals surface area contributed by atoms with E-state index in [1.54, 1.807) is 0 Å². The summed E-state index contributed by atoms with van der Waals surface area (Å²) in [5, 5.41) is 0. The molecule has 0 aromatic carbocycles. The van der Waals surface area contributed by atoms with Crippen LogP contribution in [0.1, 0.15) is 12.8 Å². The van der Waals surface area contributed by atoms with Gasteiger partial charge in [0.15, 0.2) is 0 Å². The molecule has 76 valence electrons. The lowest BCUT2D eigenvalue weighted by Gasteiger charge is -2.26. The number of hydrogen-bond acceptors (Lipinski definition) is 1. The van der Waals surface area contributed by atoms with Gasteiger partial charge < -0.3 is 0 Å². The Morgan fingerprint density at radius 1 is 1.00 bits per heavy atom. The smallest absolute Gasteiger partial charge is 0.150 e. The van der Waals surface area contributed by atoms with Crippen LogP contribution in [0.4, 0.5) is 0 Å². The summed E-state index contributed by atoms with van der Waals surface area (Å²) in [6.45, 7) is 0. The number of rotatable bonds is 0. The van der Waals surface area contributed by atoms with Crippen molar-refractivity contribution < 1.29 is 4.79 Å². The predicted octanol–water partition coefficient (Wildman–Crippen LogP) is 2.61. The Labute approximate surface area is 100 Å². The van der Waals surface area contributed by atoms with Crippen LogP contribution in [0.2, 0.25) is 0 Å². The molecule has 4 fully saturated rings. The summed E-state index contributed by atoms with van der Waals surface area (Å²) in [6.07, 6.45) is 2.61. The Kier molecular flexibility index (Phi) is 1.55. The first-order chi connectivity index (χ1) is 6.70. The molecule has 0 aromatic heterocycles. The lowest BCUT2D eigenvalue weighted by atomic mass is 9.80. The highest BCUT2D eigenvalue weighted by Gasteiger charge is 2.71. The summed E-state index contributed by atoms with van der Waals surface area (Å²) in [5.41, 5.74) is 0. The van der Waals surface area contributed by atoms with Crippen LogP contribution in [-0.2, 0) is 4.79 Å². The quantitative estimate of drug-likeness (QED) is 0.627. The largest absolute Gasteiger partial charge is 0.298 e. The molecule has 0 N–H and O–H groups in total. The van der Waals surface area contributed by atoms with E-state index in [2.05, 4.69) is 31.9 Å². The second-order valence-electron chi connectivity index (χ2n) is 5.46. The Hall–Kier alpha value is 0.630. The fourth-order valence-electron chi connectivity index (χ4n) is 5.09. The minimum Gasteiger partial charge on any atom is -0.298 e. The zero-order chi connectivity index (χ0) is 9.61. The van der Waals surface area contributed by atoms with E-state index in [1.807, 2.05) is 0 Å². The molecule has 0 amide bonds. The maximum atomic E-state index is 12.1. The third kappa shape index (κ3) is 0.722. The fraction of sp³-hybridized carbons (Fsp3) is 0.909. The Bertz CT molecular complexity index is 327. The first-order valence-electron chi connectivity index (χ1n) is 5.52. The van der Waals surface area contributed by atoms with Gasteiger partial charge in [-0.1, -0.05) is 31.9 Å². The van der Waals surface area contributed by atoms with Crippen molar-refractivity contribution in [3.05, 3.63) is 0 Å². The molecule has 0 saturated heterocycles. The van der Waals surface area contributed by atoms with Gasteiger partial charge >= 0.3 is 0 Å². The molecule has 14 heavy (non-hydrogen) atoms. The van der Waals surface area contributed by atoms with Crippen LogP contribution < -0.4 is 0 Å². The topological polar surface area (TPSA) is 17.1 Å². The maximum absolute atomic E-state index is 12.1. The highest BCUT2D eigenvalue weighted by atomic mass is 79.9. The van der Waals surface area contributed by atoms with Crippen molar-refractivity contribution in [2.24, 2.45) is 35.5 Å². The van der Waals surface area contributed by atoms with Crippen LogP contribution in [0.3, 0.4) is 0 Å². The van der Waals surface area contributed by atoms with Crippen LogP contribution in [0.15, 0.2) is 0 Å². The van der Waals surface area contributed by atoms with Crippen molar-refractivity contribution >= 4 is 37.6 Å². The Balaban J connectivity index is 1.89. The first-order valence-corrected chi connectivity index (χ1v) is 7.35. The lowest BCUT2D eigenvalue weighted by Crippen LogP contribution is -2.26. The van der Waals surface area contributed by atoms with Crippen molar-refractivity contribution in [3.8, 4) is 0 Å². The number of Topliss-reactive ketones (excluding diaryl/α,β-unsaturated/α-hetero) is 1. The summed E-state index contributed by atoms with van der Waals surface area (Å²) >= 11 is 7.47. The van der Waals surface area contributed by atoms with E-state index in [0.717, 1.165) is 23.7 Å². The van der Waals surface area contributed by atoms with E-state index in [4.69, 9.17) is 0 Å². The molecule has 1 nitrogen and oxygen atoms in total. The van der Waals surface area contributed by atoms with Crippen molar-refractivity contribution in [2.45, 2.75) is 22.5 Å². The van der Waals surface area contributed by atoms with E-state index in [0.29, 0.717) is 22.4 Å². The highest BCUT2D eigenvalue weighted by Crippen LogP contribution is 2.71. The molecule has 2 bridgehead atoms. The van der Waals surface area contributed by atoms with Crippen LogP contribution in [0.25, 0.3) is 0 Å². The normalized spacial score (nSPS) is 68.3. The van der Waals surface area contributed by atoms with Crippen LogP contribution in [-0.4, -0.2) is 15.4 Å². The van der Waals surface area contributed by atoms with E-state index in [9.17, 15) is 4.79 Å². The molecule has 4 aliphatic carbocycles. The van der Waals surface area contributed by atoms with Gasteiger partial charge in [0, 0.05) is 10.7 Å². The number of alkyl halides is 2. The first kappa shape index (κ1) is 8.74. The van der Waals surface area contributed by atoms with Crippen molar-refractivity contribution in [2.75, 3.05) is 0 Å². The molecule has 0 aromatic rings. The van der Waals surface area contributed by atoms with Crippen LogP contribution >= 0.6 is 31.9 Å². The van der Waals surface area contributed by atoms with E-state index >= 15 is 0 Å². The maximum Gasteiger partial charge on any atom is 0.150 e. The summed E-state index contributed by atoms with van der Waals surface area (Å²) in [5.74, 6) is 4.81. The summed E-state index contributed by atoms with van der Waals surface area (Å²) in [6, 6.07) is 0. The summed E-state index contributed by atoms with van der Waals surface area (Å²) in [4.78, 5) is 13.0. The van der Waals surface area contributed by atoms with E-state index in [-0.39, 0.29) is 4.83 Å². The Morgan fingerprint density at radius 2 is 1.79 bits per heavy atom. The van der Waals surface area contributed by atoms with Gasteiger partial charge in [-0.2, -0.15) is 0 Å². The van der Waals surface area contributed by atoms with Crippen LogP contribution in [0, 0.1) is 35.5 Å². The molecule has 3 heteroatoms. The minimum absolute atomic E-state index is 0.192. The van der Waals surface area contributed by atoms with Gasteiger partial charge in [0.2, 0.25) is 0 Å². The number of hydrogen-bond donors (Lipinski definition) is 0.